The Bertz CT molecular complexity index is 360. The van der Waals surface area contributed by atoms with Crippen molar-refractivity contribution in [2.24, 2.45) is 5.92 Å². The number of nitrogens with two attached hydrogens (primary N) is 1. The van der Waals surface area contributed by atoms with Crippen LogP contribution in [0.4, 0.5) is 5.69 Å². The Morgan fingerprint density at radius 3 is 2.94 bits per heavy atom. The maximum Gasteiger partial charge on any atom is 0.0317 e. The lowest BCUT2D eigenvalue weighted by molar-refractivity contribution is 0.218. The molecule has 1 aliphatic heterocycles. The smallest absolute Gasteiger partial charge is 0.0317 e. The molecule has 0 amide bonds. The molecule has 0 spiro atoms. The van der Waals surface area contributed by atoms with Gasteiger partial charge in [-0.25, -0.2) is 0 Å². The van der Waals surface area contributed by atoms with Crippen LogP contribution in [0.25, 0.3) is 0 Å². The molecule has 0 aromatic heterocycles. The van der Waals surface area contributed by atoms with Crippen molar-refractivity contribution >= 4 is 5.69 Å². The van der Waals surface area contributed by atoms with Gasteiger partial charge < -0.3 is 5.73 Å². The molecule has 1 atom stereocenters. The van der Waals surface area contributed by atoms with E-state index in [2.05, 4.69) is 30.9 Å². The van der Waals surface area contributed by atoms with Gasteiger partial charge in [0.2, 0.25) is 0 Å². The minimum atomic E-state index is 0.794. The van der Waals surface area contributed by atoms with Crippen molar-refractivity contribution in [1.29, 1.82) is 0 Å². The summed E-state index contributed by atoms with van der Waals surface area (Å²) in [6, 6.07) is 6.34. The van der Waals surface area contributed by atoms with E-state index in [1.54, 1.807) is 0 Å². The first-order valence-electron chi connectivity index (χ1n) is 6.28. The van der Waals surface area contributed by atoms with Crippen LogP contribution in [0.3, 0.4) is 0 Å². The number of rotatable bonds is 3. The topological polar surface area (TPSA) is 29.3 Å². The van der Waals surface area contributed by atoms with E-state index < -0.39 is 0 Å². The van der Waals surface area contributed by atoms with Crippen LogP contribution in [0.1, 0.15) is 31.4 Å². The summed E-state index contributed by atoms with van der Waals surface area (Å²) >= 11 is 0. The Morgan fingerprint density at radius 1 is 1.38 bits per heavy atom. The van der Waals surface area contributed by atoms with Gasteiger partial charge in [-0.05, 0) is 35.6 Å². The number of nitrogens with zero attached hydrogens (tertiary/aromatic N) is 1. The molecular weight excluding hydrogens is 196 g/mol. The fourth-order valence-corrected chi connectivity index (χ4v) is 2.36. The van der Waals surface area contributed by atoms with E-state index in [0.29, 0.717) is 0 Å². The quantitative estimate of drug-likeness (QED) is 0.790. The molecule has 16 heavy (non-hydrogen) atoms. The average molecular weight is 218 g/mol. The second kappa shape index (κ2) is 4.88. The highest BCUT2D eigenvalue weighted by molar-refractivity contribution is 5.45. The molecule has 1 aromatic rings. The minimum Gasteiger partial charge on any atom is -0.399 e. The van der Waals surface area contributed by atoms with Gasteiger partial charge in [0.15, 0.2) is 0 Å². The van der Waals surface area contributed by atoms with Crippen molar-refractivity contribution in [3.8, 4) is 0 Å². The van der Waals surface area contributed by atoms with Crippen LogP contribution in [-0.2, 0) is 13.0 Å². The zero-order chi connectivity index (χ0) is 11.5. The number of benzene rings is 1. The van der Waals surface area contributed by atoms with E-state index in [1.807, 2.05) is 6.07 Å². The summed E-state index contributed by atoms with van der Waals surface area (Å²) in [6.07, 6.45) is 2.44. The van der Waals surface area contributed by atoms with Crippen LogP contribution in [-0.4, -0.2) is 18.0 Å². The van der Waals surface area contributed by atoms with Gasteiger partial charge >= 0.3 is 0 Å². The molecule has 2 N–H and O–H groups in total. The highest BCUT2D eigenvalue weighted by atomic mass is 15.1. The van der Waals surface area contributed by atoms with E-state index in [-0.39, 0.29) is 0 Å². The maximum atomic E-state index is 5.84. The number of nitrogen functional groups attached to an aromatic ring is 1. The Morgan fingerprint density at radius 2 is 2.19 bits per heavy atom. The summed E-state index contributed by atoms with van der Waals surface area (Å²) in [5.74, 6) is 0.794. The lowest BCUT2D eigenvalue weighted by Gasteiger charge is -2.30. The second-order valence-corrected chi connectivity index (χ2v) is 5.03. The number of hydrogen-bond acceptors (Lipinski definition) is 2. The monoisotopic (exact) mass is 218 g/mol. The zero-order valence-corrected chi connectivity index (χ0v) is 10.4. The highest BCUT2D eigenvalue weighted by Crippen LogP contribution is 2.22. The lowest BCUT2D eigenvalue weighted by Crippen LogP contribution is -2.33. The van der Waals surface area contributed by atoms with Gasteiger partial charge in [0.1, 0.15) is 0 Å². The largest absolute Gasteiger partial charge is 0.399 e. The van der Waals surface area contributed by atoms with E-state index in [1.165, 1.54) is 37.1 Å². The van der Waals surface area contributed by atoms with Gasteiger partial charge in [-0.3, -0.25) is 4.90 Å². The van der Waals surface area contributed by atoms with Crippen LogP contribution >= 0.6 is 0 Å². The molecule has 0 bridgehead atoms. The Balaban J connectivity index is 2.05. The van der Waals surface area contributed by atoms with Gasteiger partial charge in [0, 0.05) is 25.3 Å². The van der Waals surface area contributed by atoms with Gasteiger partial charge in [0.05, 0.1) is 0 Å². The van der Waals surface area contributed by atoms with Gasteiger partial charge in [0.25, 0.3) is 0 Å². The van der Waals surface area contributed by atoms with Crippen LogP contribution in [0, 0.1) is 5.92 Å². The van der Waals surface area contributed by atoms with Crippen LogP contribution in [0.2, 0.25) is 0 Å². The van der Waals surface area contributed by atoms with Crippen LogP contribution in [0.5, 0.6) is 0 Å². The van der Waals surface area contributed by atoms with E-state index in [9.17, 15) is 0 Å². The molecule has 2 rings (SSSR count). The summed E-state index contributed by atoms with van der Waals surface area (Å²) in [5.41, 5.74) is 9.64. The molecule has 1 aliphatic rings. The molecule has 0 saturated heterocycles. The maximum absolute atomic E-state index is 5.84. The van der Waals surface area contributed by atoms with Crippen molar-refractivity contribution < 1.29 is 0 Å². The fourth-order valence-electron chi connectivity index (χ4n) is 2.36. The number of fused-ring (bicyclic) bond motifs is 1. The Hall–Kier alpha value is -1.02. The second-order valence-electron chi connectivity index (χ2n) is 5.03. The van der Waals surface area contributed by atoms with Gasteiger partial charge in [-0.1, -0.05) is 26.3 Å². The van der Waals surface area contributed by atoms with Crippen molar-refractivity contribution in [3.05, 3.63) is 29.3 Å². The third-order valence-corrected chi connectivity index (χ3v) is 3.59. The van der Waals surface area contributed by atoms with Crippen molar-refractivity contribution in [1.82, 2.24) is 4.90 Å². The Labute approximate surface area is 98.4 Å². The SMILES string of the molecule is CCC(C)CN1CCc2ccc(N)cc2C1. The third kappa shape index (κ3) is 2.56. The third-order valence-electron chi connectivity index (χ3n) is 3.59. The fraction of sp³-hybridized carbons (Fsp3) is 0.571. The van der Waals surface area contributed by atoms with Crippen molar-refractivity contribution in [2.45, 2.75) is 33.2 Å². The first-order chi connectivity index (χ1) is 7.69. The molecule has 0 radical (unpaired) electrons. The van der Waals surface area contributed by atoms with Gasteiger partial charge in [-0.2, -0.15) is 0 Å². The van der Waals surface area contributed by atoms with E-state index in [0.717, 1.165) is 18.2 Å². The molecule has 0 aliphatic carbocycles. The molecule has 1 heterocycles. The molecule has 2 nitrogen and oxygen atoms in total. The standard InChI is InChI=1S/C14H22N2/c1-3-11(2)9-16-7-6-12-4-5-14(15)8-13(12)10-16/h4-5,8,11H,3,6-7,9-10,15H2,1-2H3. The zero-order valence-electron chi connectivity index (χ0n) is 10.4. The predicted octanol–water partition coefficient (Wildman–Crippen LogP) is 2.67. The summed E-state index contributed by atoms with van der Waals surface area (Å²) in [6.45, 7) is 8.08. The first-order valence-corrected chi connectivity index (χ1v) is 6.28. The summed E-state index contributed by atoms with van der Waals surface area (Å²) in [4.78, 5) is 2.55. The molecule has 88 valence electrons. The van der Waals surface area contributed by atoms with Crippen LogP contribution in [0.15, 0.2) is 18.2 Å². The minimum absolute atomic E-state index is 0.794. The molecule has 2 heteroatoms. The summed E-state index contributed by atoms with van der Waals surface area (Å²) in [5, 5.41) is 0. The van der Waals surface area contributed by atoms with Crippen molar-refractivity contribution in [2.75, 3.05) is 18.8 Å². The van der Waals surface area contributed by atoms with E-state index in [4.69, 9.17) is 5.73 Å². The normalized spacial score (nSPS) is 18.1. The predicted molar refractivity (Wildman–Crippen MR) is 69.3 cm³/mol. The van der Waals surface area contributed by atoms with Crippen LogP contribution < -0.4 is 5.73 Å². The molecular formula is C14H22N2. The van der Waals surface area contributed by atoms with Crippen molar-refractivity contribution in [3.63, 3.8) is 0 Å². The van der Waals surface area contributed by atoms with E-state index >= 15 is 0 Å². The first kappa shape index (κ1) is 11.5. The van der Waals surface area contributed by atoms with Gasteiger partial charge in [-0.15, -0.1) is 0 Å². The average Bonchev–Trinajstić information content (AvgIpc) is 2.28. The molecule has 1 aromatic carbocycles. The number of anilines is 1. The molecule has 0 fully saturated rings. The highest BCUT2D eigenvalue weighted by Gasteiger charge is 2.17. The lowest BCUT2D eigenvalue weighted by atomic mass is 9.98. The number of hydrogen-bond donors (Lipinski definition) is 1. The molecule has 0 saturated carbocycles. The Kier molecular flexibility index (Phi) is 3.49. The summed E-state index contributed by atoms with van der Waals surface area (Å²) < 4.78 is 0. The summed E-state index contributed by atoms with van der Waals surface area (Å²) in [7, 11) is 0. The molecule has 1 unspecified atom stereocenters.